The molecule has 0 aliphatic heterocycles. The third-order valence-electron chi connectivity index (χ3n) is 1.95. The van der Waals surface area contributed by atoms with Crippen LogP contribution in [0.25, 0.3) is 11.3 Å². The Bertz CT molecular complexity index is 587. The topological polar surface area (TPSA) is 76.7 Å². The van der Waals surface area contributed by atoms with Gasteiger partial charge in [0.15, 0.2) is 5.69 Å². The van der Waals surface area contributed by atoms with Gasteiger partial charge < -0.3 is 5.84 Å². The van der Waals surface area contributed by atoms with E-state index in [1.54, 1.807) is 12.1 Å². The summed E-state index contributed by atoms with van der Waals surface area (Å²) >= 11 is 4.77. The smallest absolute Gasteiger partial charge is 0.299 e. The van der Waals surface area contributed by atoms with E-state index in [1.165, 1.54) is 0 Å². The molecule has 2 rings (SSSR count). The average molecular weight is 220 g/mol. The van der Waals surface area contributed by atoms with Crippen LogP contribution in [0.1, 0.15) is 0 Å². The van der Waals surface area contributed by atoms with Crippen LogP contribution in [0, 0.1) is 4.77 Å². The number of aromatic amines is 1. The molecule has 3 N–H and O–H groups in total. The second-order valence-corrected chi connectivity index (χ2v) is 3.31. The van der Waals surface area contributed by atoms with E-state index >= 15 is 0 Å². The molecule has 0 saturated heterocycles. The summed E-state index contributed by atoms with van der Waals surface area (Å²) in [7, 11) is 0. The van der Waals surface area contributed by atoms with E-state index in [0.717, 1.165) is 4.68 Å². The van der Waals surface area contributed by atoms with E-state index in [4.69, 9.17) is 18.1 Å². The highest BCUT2D eigenvalue weighted by Crippen LogP contribution is 2.09. The fourth-order valence-electron chi connectivity index (χ4n) is 1.20. The van der Waals surface area contributed by atoms with Crippen LogP contribution in [0.15, 0.2) is 35.1 Å². The van der Waals surface area contributed by atoms with E-state index in [0.29, 0.717) is 5.56 Å². The number of aromatic nitrogens is 3. The Balaban J connectivity index is 2.71. The van der Waals surface area contributed by atoms with Crippen molar-refractivity contribution in [1.29, 1.82) is 0 Å². The zero-order valence-corrected chi connectivity index (χ0v) is 8.49. The van der Waals surface area contributed by atoms with Gasteiger partial charge in [-0.2, -0.15) is 9.77 Å². The van der Waals surface area contributed by atoms with Crippen LogP contribution in [0.2, 0.25) is 0 Å². The highest BCUT2D eigenvalue weighted by Gasteiger charge is 2.06. The molecule has 6 heteroatoms. The predicted octanol–water partition coefficient (Wildman–Crippen LogP) is 0.682. The van der Waals surface area contributed by atoms with Crippen LogP contribution < -0.4 is 11.4 Å². The van der Waals surface area contributed by atoms with Crippen molar-refractivity contribution in [2.24, 2.45) is 0 Å². The van der Waals surface area contributed by atoms with Gasteiger partial charge in [-0.05, 0) is 12.2 Å². The Morgan fingerprint density at radius 3 is 2.67 bits per heavy atom. The largest absolute Gasteiger partial charge is 0.334 e. The van der Waals surface area contributed by atoms with E-state index in [2.05, 4.69) is 10.2 Å². The molecule has 0 unspecified atom stereocenters. The van der Waals surface area contributed by atoms with Crippen LogP contribution in [-0.2, 0) is 0 Å². The van der Waals surface area contributed by atoms with Crippen molar-refractivity contribution >= 4 is 12.2 Å². The Morgan fingerprint density at radius 2 is 2.00 bits per heavy atom. The first kappa shape index (κ1) is 9.60. The van der Waals surface area contributed by atoms with Crippen molar-refractivity contribution in [2.75, 3.05) is 5.84 Å². The second-order valence-electron chi connectivity index (χ2n) is 2.92. The van der Waals surface area contributed by atoms with Crippen molar-refractivity contribution in [3.63, 3.8) is 0 Å². The molecular formula is C9H8N4OS. The molecule has 76 valence electrons. The summed E-state index contributed by atoms with van der Waals surface area (Å²) in [6.45, 7) is 0. The SMILES string of the molecule is Nn1c(=S)[nH]nc(-c2ccccc2)c1=O. The maximum atomic E-state index is 11.7. The number of nitrogens with zero attached hydrogens (tertiary/aromatic N) is 2. The van der Waals surface area contributed by atoms with Crippen LogP contribution >= 0.6 is 12.2 Å². The summed E-state index contributed by atoms with van der Waals surface area (Å²) in [6.07, 6.45) is 0. The van der Waals surface area contributed by atoms with Gasteiger partial charge in [0.2, 0.25) is 4.77 Å². The number of nitrogens with two attached hydrogens (primary N) is 1. The number of benzene rings is 1. The number of nitrogens with one attached hydrogen (secondary N) is 1. The van der Waals surface area contributed by atoms with Gasteiger partial charge in [-0.25, -0.2) is 0 Å². The summed E-state index contributed by atoms with van der Waals surface area (Å²) < 4.78 is 0.963. The Labute approximate surface area is 90.2 Å². The molecule has 0 spiro atoms. The normalized spacial score (nSPS) is 10.1. The molecule has 1 heterocycles. The molecule has 1 aromatic heterocycles. The van der Waals surface area contributed by atoms with E-state index in [-0.39, 0.29) is 10.5 Å². The van der Waals surface area contributed by atoms with Crippen LogP contribution in [0.3, 0.4) is 0 Å². The zero-order chi connectivity index (χ0) is 10.8. The Kier molecular flexibility index (Phi) is 2.34. The molecule has 2 aromatic rings. The molecule has 15 heavy (non-hydrogen) atoms. The van der Waals surface area contributed by atoms with Crippen molar-refractivity contribution in [1.82, 2.24) is 14.9 Å². The molecule has 0 bridgehead atoms. The minimum Gasteiger partial charge on any atom is -0.334 e. The number of hydrogen-bond acceptors (Lipinski definition) is 4. The molecule has 0 radical (unpaired) electrons. The molecule has 0 amide bonds. The number of nitrogen functional groups attached to an aromatic ring is 1. The summed E-state index contributed by atoms with van der Waals surface area (Å²) in [5.41, 5.74) is 0.546. The lowest BCUT2D eigenvalue weighted by Crippen LogP contribution is -2.30. The maximum absolute atomic E-state index is 11.7. The molecule has 0 aliphatic rings. The van der Waals surface area contributed by atoms with Gasteiger partial charge >= 0.3 is 0 Å². The minimum atomic E-state index is -0.412. The molecule has 0 fully saturated rings. The standard InChI is InChI=1S/C9H8N4OS/c10-13-8(14)7(11-12-9(13)15)6-4-2-1-3-5-6/h1-5H,10H2,(H,12,15). The van der Waals surface area contributed by atoms with Gasteiger partial charge in [-0.1, -0.05) is 30.3 Å². The van der Waals surface area contributed by atoms with E-state index in [9.17, 15) is 4.79 Å². The van der Waals surface area contributed by atoms with Crippen LogP contribution in [0.5, 0.6) is 0 Å². The quantitative estimate of drug-likeness (QED) is 0.547. The molecular weight excluding hydrogens is 212 g/mol. The van der Waals surface area contributed by atoms with Gasteiger partial charge in [-0.15, -0.1) is 0 Å². The van der Waals surface area contributed by atoms with Gasteiger partial charge in [0.05, 0.1) is 0 Å². The number of H-pyrrole nitrogens is 1. The fraction of sp³-hybridized carbons (Fsp3) is 0. The van der Waals surface area contributed by atoms with Crippen molar-refractivity contribution in [2.45, 2.75) is 0 Å². The summed E-state index contributed by atoms with van der Waals surface area (Å²) in [4.78, 5) is 11.7. The lowest BCUT2D eigenvalue weighted by molar-refractivity contribution is 0.807. The van der Waals surface area contributed by atoms with Crippen LogP contribution in [-0.4, -0.2) is 14.9 Å². The van der Waals surface area contributed by atoms with Gasteiger partial charge in [0.1, 0.15) is 0 Å². The lowest BCUT2D eigenvalue weighted by Gasteiger charge is -2.01. The van der Waals surface area contributed by atoms with E-state index < -0.39 is 5.56 Å². The van der Waals surface area contributed by atoms with Crippen molar-refractivity contribution in [3.8, 4) is 11.3 Å². The number of rotatable bonds is 1. The Hall–Kier alpha value is -1.95. The van der Waals surface area contributed by atoms with Crippen molar-refractivity contribution in [3.05, 3.63) is 45.5 Å². The fourth-order valence-corrected chi connectivity index (χ4v) is 1.32. The summed E-state index contributed by atoms with van der Waals surface area (Å²) in [5, 5.41) is 6.38. The third-order valence-corrected chi connectivity index (χ3v) is 2.24. The van der Waals surface area contributed by atoms with Gasteiger partial charge in [0, 0.05) is 5.56 Å². The third kappa shape index (κ3) is 1.66. The monoisotopic (exact) mass is 220 g/mol. The molecule has 0 saturated carbocycles. The highest BCUT2D eigenvalue weighted by atomic mass is 32.1. The van der Waals surface area contributed by atoms with Crippen molar-refractivity contribution < 1.29 is 0 Å². The highest BCUT2D eigenvalue weighted by molar-refractivity contribution is 7.71. The molecule has 5 nitrogen and oxygen atoms in total. The van der Waals surface area contributed by atoms with Gasteiger partial charge in [-0.3, -0.25) is 9.89 Å². The summed E-state index contributed by atoms with van der Waals surface area (Å²) in [5.74, 6) is 5.45. The molecule has 0 aliphatic carbocycles. The summed E-state index contributed by atoms with van der Waals surface area (Å²) in [6, 6.07) is 9.05. The average Bonchev–Trinajstić information content (AvgIpc) is 2.27. The minimum absolute atomic E-state index is 0.0969. The number of hydrogen-bond donors (Lipinski definition) is 2. The first-order valence-corrected chi connectivity index (χ1v) is 4.63. The Morgan fingerprint density at radius 1 is 1.33 bits per heavy atom. The first-order valence-electron chi connectivity index (χ1n) is 4.22. The van der Waals surface area contributed by atoms with Crippen LogP contribution in [0.4, 0.5) is 0 Å². The zero-order valence-electron chi connectivity index (χ0n) is 7.68. The lowest BCUT2D eigenvalue weighted by atomic mass is 10.2. The molecule has 1 aromatic carbocycles. The first-order chi connectivity index (χ1) is 7.20. The maximum Gasteiger partial charge on any atom is 0.299 e. The van der Waals surface area contributed by atoms with E-state index in [1.807, 2.05) is 18.2 Å². The molecule has 0 atom stereocenters. The van der Waals surface area contributed by atoms with Gasteiger partial charge in [0.25, 0.3) is 5.56 Å². The second kappa shape index (κ2) is 3.66. The predicted molar refractivity (Wildman–Crippen MR) is 59.3 cm³/mol.